The zero-order valence-electron chi connectivity index (χ0n) is 11.8. The van der Waals surface area contributed by atoms with Crippen LogP contribution in [0.25, 0.3) is 0 Å². The highest BCUT2D eigenvalue weighted by atomic mass is 19.1. The van der Waals surface area contributed by atoms with Crippen molar-refractivity contribution in [1.29, 1.82) is 0 Å². The standard InChI is InChI=1S/C15H18FN3O2/c1-11-8-18-19(10-11)6-5-15(21)17-9-14(20)12-3-2-4-13(16)7-12/h2-4,7-8,10,14,20H,5-6,9H2,1H3,(H,17,21). The number of nitrogens with zero attached hydrogens (tertiary/aromatic N) is 2. The summed E-state index contributed by atoms with van der Waals surface area (Å²) in [4.78, 5) is 11.7. The number of hydrogen-bond acceptors (Lipinski definition) is 3. The Hall–Kier alpha value is -2.21. The molecule has 1 unspecified atom stereocenters. The van der Waals surface area contributed by atoms with Crippen LogP contribution in [0.2, 0.25) is 0 Å². The van der Waals surface area contributed by atoms with E-state index in [9.17, 15) is 14.3 Å². The van der Waals surface area contributed by atoms with Crippen LogP contribution >= 0.6 is 0 Å². The molecule has 0 saturated heterocycles. The molecule has 6 heteroatoms. The van der Waals surface area contributed by atoms with Crippen molar-refractivity contribution in [2.24, 2.45) is 0 Å². The second kappa shape index (κ2) is 6.99. The predicted molar refractivity (Wildman–Crippen MR) is 76.0 cm³/mol. The van der Waals surface area contributed by atoms with Gasteiger partial charge in [-0.15, -0.1) is 0 Å². The van der Waals surface area contributed by atoms with Crippen LogP contribution in [0.15, 0.2) is 36.7 Å². The molecule has 1 heterocycles. The maximum atomic E-state index is 13.0. The van der Waals surface area contributed by atoms with Crippen molar-refractivity contribution in [2.45, 2.75) is 26.0 Å². The Morgan fingerprint density at radius 3 is 3.00 bits per heavy atom. The lowest BCUT2D eigenvalue weighted by Crippen LogP contribution is -2.29. The maximum absolute atomic E-state index is 13.0. The van der Waals surface area contributed by atoms with Crippen molar-refractivity contribution in [3.8, 4) is 0 Å². The van der Waals surface area contributed by atoms with Crippen molar-refractivity contribution in [3.63, 3.8) is 0 Å². The van der Waals surface area contributed by atoms with E-state index in [-0.39, 0.29) is 18.9 Å². The van der Waals surface area contributed by atoms with Gasteiger partial charge in [-0.3, -0.25) is 9.48 Å². The zero-order valence-corrected chi connectivity index (χ0v) is 11.8. The third-order valence-corrected chi connectivity index (χ3v) is 3.06. The van der Waals surface area contributed by atoms with Gasteiger partial charge in [0, 0.05) is 25.7 Å². The van der Waals surface area contributed by atoms with E-state index in [2.05, 4.69) is 10.4 Å². The number of hydrogen-bond donors (Lipinski definition) is 2. The summed E-state index contributed by atoms with van der Waals surface area (Å²) in [6.07, 6.45) is 2.94. The monoisotopic (exact) mass is 291 g/mol. The van der Waals surface area contributed by atoms with Gasteiger partial charge >= 0.3 is 0 Å². The van der Waals surface area contributed by atoms with Crippen LogP contribution in [0.5, 0.6) is 0 Å². The summed E-state index contributed by atoms with van der Waals surface area (Å²) in [5.74, 6) is -0.592. The minimum atomic E-state index is -0.920. The summed E-state index contributed by atoms with van der Waals surface area (Å²) in [5.41, 5.74) is 1.48. The van der Waals surface area contributed by atoms with Crippen molar-refractivity contribution in [1.82, 2.24) is 15.1 Å². The number of aliphatic hydroxyl groups is 1. The van der Waals surface area contributed by atoms with Gasteiger partial charge in [-0.2, -0.15) is 5.10 Å². The summed E-state index contributed by atoms with van der Waals surface area (Å²) in [5, 5.41) is 16.6. The van der Waals surface area contributed by atoms with Gasteiger partial charge in [-0.1, -0.05) is 12.1 Å². The molecule has 5 nitrogen and oxygen atoms in total. The van der Waals surface area contributed by atoms with Crippen LogP contribution in [0.3, 0.4) is 0 Å². The van der Waals surface area contributed by atoms with Crippen molar-refractivity contribution in [3.05, 3.63) is 53.6 Å². The molecule has 0 radical (unpaired) electrons. The van der Waals surface area contributed by atoms with Crippen LogP contribution in [-0.2, 0) is 11.3 Å². The zero-order chi connectivity index (χ0) is 15.2. The Labute approximate surface area is 122 Å². The van der Waals surface area contributed by atoms with E-state index in [0.29, 0.717) is 12.1 Å². The summed E-state index contributed by atoms with van der Waals surface area (Å²) in [7, 11) is 0. The van der Waals surface area contributed by atoms with Gasteiger partial charge in [0.2, 0.25) is 5.91 Å². The SMILES string of the molecule is Cc1cnn(CCC(=O)NCC(O)c2cccc(F)c2)c1. The number of carbonyl (C=O) groups excluding carboxylic acids is 1. The molecule has 1 atom stereocenters. The van der Waals surface area contributed by atoms with Gasteiger partial charge in [-0.05, 0) is 30.2 Å². The molecular weight excluding hydrogens is 273 g/mol. The first-order chi connectivity index (χ1) is 10.0. The lowest BCUT2D eigenvalue weighted by atomic mass is 10.1. The van der Waals surface area contributed by atoms with Crippen molar-refractivity contribution in [2.75, 3.05) is 6.54 Å². The highest BCUT2D eigenvalue weighted by Crippen LogP contribution is 2.12. The summed E-state index contributed by atoms with van der Waals surface area (Å²) in [6, 6.07) is 5.70. The molecule has 0 aliphatic carbocycles. The molecule has 0 fully saturated rings. The number of amides is 1. The topological polar surface area (TPSA) is 67.2 Å². The quantitative estimate of drug-likeness (QED) is 0.849. The van der Waals surface area contributed by atoms with Gasteiger partial charge < -0.3 is 10.4 Å². The first-order valence-corrected chi connectivity index (χ1v) is 6.74. The lowest BCUT2D eigenvalue weighted by molar-refractivity contribution is -0.121. The largest absolute Gasteiger partial charge is 0.387 e. The molecule has 0 aliphatic heterocycles. The van der Waals surface area contributed by atoms with E-state index in [0.717, 1.165) is 5.56 Å². The second-order valence-corrected chi connectivity index (χ2v) is 4.91. The fourth-order valence-corrected chi connectivity index (χ4v) is 1.94. The number of rotatable bonds is 6. The molecule has 1 amide bonds. The van der Waals surface area contributed by atoms with Gasteiger partial charge in [0.25, 0.3) is 0 Å². The highest BCUT2D eigenvalue weighted by Gasteiger charge is 2.10. The maximum Gasteiger partial charge on any atom is 0.221 e. The Kier molecular flexibility index (Phi) is 5.05. The van der Waals surface area contributed by atoms with E-state index in [1.165, 1.54) is 18.2 Å². The number of aromatic nitrogens is 2. The highest BCUT2D eigenvalue weighted by molar-refractivity contribution is 5.75. The summed E-state index contributed by atoms with van der Waals surface area (Å²) < 4.78 is 14.7. The third-order valence-electron chi connectivity index (χ3n) is 3.06. The Balaban J connectivity index is 1.75. The van der Waals surface area contributed by atoms with Crippen LogP contribution in [0.4, 0.5) is 4.39 Å². The first-order valence-electron chi connectivity index (χ1n) is 6.74. The van der Waals surface area contributed by atoms with Gasteiger partial charge in [0.05, 0.1) is 12.3 Å². The summed E-state index contributed by atoms with van der Waals surface area (Å²) >= 11 is 0. The second-order valence-electron chi connectivity index (χ2n) is 4.91. The number of aryl methyl sites for hydroxylation is 2. The molecule has 2 aromatic rings. The Morgan fingerprint density at radius 2 is 2.33 bits per heavy atom. The molecule has 0 bridgehead atoms. The molecule has 1 aromatic carbocycles. The fourth-order valence-electron chi connectivity index (χ4n) is 1.94. The normalized spacial score (nSPS) is 12.1. The fraction of sp³-hybridized carbons (Fsp3) is 0.333. The smallest absolute Gasteiger partial charge is 0.221 e. The number of benzene rings is 1. The molecule has 2 rings (SSSR count). The average Bonchev–Trinajstić information content (AvgIpc) is 2.88. The first kappa shape index (κ1) is 15.2. The van der Waals surface area contributed by atoms with Crippen molar-refractivity contribution < 1.29 is 14.3 Å². The molecular formula is C15H18FN3O2. The third kappa shape index (κ3) is 4.68. The van der Waals surface area contributed by atoms with Crippen LogP contribution in [-0.4, -0.2) is 27.3 Å². The predicted octanol–water partition coefficient (Wildman–Crippen LogP) is 1.57. The summed E-state index contributed by atoms with van der Waals surface area (Å²) in [6.45, 7) is 2.47. The van der Waals surface area contributed by atoms with E-state index in [1.54, 1.807) is 16.9 Å². The lowest BCUT2D eigenvalue weighted by Gasteiger charge is -2.12. The van der Waals surface area contributed by atoms with E-state index in [4.69, 9.17) is 0 Å². The van der Waals surface area contributed by atoms with Crippen LogP contribution < -0.4 is 5.32 Å². The van der Waals surface area contributed by atoms with Crippen LogP contribution in [0, 0.1) is 12.7 Å². The Bertz CT molecular complexity index is 612. The molecule has 112 valence electrons. The number of halogens is 1. The van der Waals surface area contributed by atoms with E-state index < -0.39 is 11.9 Å². The number of carbonyl (C=O) groups is 1. The number of nitrogens with one attached hydrogen (secondary N) is 1. The van der Waals surface area contributed by atoms with Gasteiger partial charge in [-0.25, -0.2) is 4.39 Å². The van der Waals surface area contributed by atoms with E-state index >= 15 is 0 Å². The molecule has 0 aliphatic rings. The molecule has 1 aromatic heterocycles. The molecule has 2 N–H and O–H groups in total. The van der Waals surface area contributed by atoms with E-state index in [1.807, 2.05) is 13.1 Å². The van der Waals surface area contributed by atoms with Gasteiger partial charge in [0.15, 0.2) is 0 Å². The molecule has 0 saturated carbocycles. The average molecular weight is 291 g/mol. The number of aliphatic hydroxyl groups excluding tert-OH is 1. The molecule has 0 spiro atoms. The van der Waals surface area contributed by atoms with Crippen LogP contribution in [0.1, 0.15) is 23.7 Å². The molecule has 21 heavy (non-hydrogen) atoms. The van der Waals surface area contributed by atoms with Crippen molar-refractivity contribution >= 4 is 5.91 Å². The minimum absolute atomic E-state index is 0.0560. The van der Waals surface area contributed by atoms with Gasteiger partial charge in [0.1, 0.15) is 5.82 Å². The minimum Gasteiger partial charge on any atom is -0.387 e. The Morgan fingerprint density at radius 1 is 1.52 bits per heavy atom.